The highest BCUT2D eigenvalue weighted by molar-refractivity contribution is 9.10. The summed E-state index contributed by atoms with van der Waals surface area (Å²) in [5, 5.41) is 0. The molecule has 4 nitrogen and oxygen atoms in total. The topological polar surface area (TPSA) is 55.4 Å². The minimum absolute atomic E-state index is 0.0871. The molecule has 2 aromatic rings. The first-order chi connectivity index (χ1) is 9.92. The number of nitrogens with one attached hydrogen (secondary N) is 1. The van der Waals surface area contributed by atoms with E-state index in [2.05, 4.69) is 20.7 Å². The van der Waals surface area contributed by atoms with Crippen molar-refractivity contribution in [1.82, 2.24) is 0 Å². The summed E-state index contributed by atoms with van der Waals surface area (Å²) in [4.78, 5) is 0.0972. The zero-order valence-electron chi connectivity index (χ0n) is 11.1. The van der Waals surface area contributed by atoms with Crippen LogP contribution in [0.4, 0.5) is 10.1 Å². The van der Waals surface area contributed by atoms with Crippen molar-refractivity contribution in [3.05, 3.63) is 52.8 Å². The Morgan fingerprint density at radius 1 is 1.19 bits per heavy atom. The van der Waals surface area contributed by atoms with Crippen LogP contribution in [0.1, 0.15) is 6.92 Å². The second-order valence-electron chi connectivity index (χ2n) is 4.14. The number of hydrogen-bond acceptors (Lipinski definition) is 3. The number of halogens is 2. The average molecular weight is 374 g/mol. The number of anilines is 1. The fourth-order valence-corrected chi connectivity index (χ4v) is 2.98. The molecule has 0 aliphatic rings. The third-order valence-corrected chi connectivity index (χ3v) is 4.53. The number of hydrogen-bond donors (Lipinski definition) is 1. The van der Waals surface area contributed by atoms with Gasteiger partial charge in [-0.2, -0.15) is 0 Å². The number of ether oxygens (including phenoxy) is 1. The van der Waals surface area contributed by atoms with Crippen LogP contribution in [0.15, 0.2) is 51.8 Å². The summed E-state index contributed by atoms with van der Waals surface area (Å²) in [6, 6.07) is 10.1. The minimum Gasteiger partial charge on any atom is -0.491 e. The summed E-state index contributed by atoms with van der Waals surface area (Å²) in [7, 11) is -3.75. The van der Waals surface area contributed by atoms with Crippen molar-refractivity contribution in [2.24, 2.45) is 0 Å². The van der Waals surface area contributed by atoms with E-state index in [1.165, 1.54) is 24.3 Å². The summed E-state index contributed by atoms with van der Waals surface area (Å²) in [5.74, 6) is -0.531. The Morgan fingerprint density at radius 3 is 2.43 bits per heavy atom. The molecule has 112 valence electrons. The van der Waals surface area contributed by atoms with Crippen LogP contribution in [0.5, 0.6) is 5.75 Å². The third kappa shape index (κ3) is 3.95. The van der Waals surface area contributed by atoms with E-state index in [4.69, 9.17) is 4.74 Å². The predicted octanol–water partition coefficient (Wildman–Crippen LogP) is 3.79. The van der Waals surface area contributed by atoms with E-state index in [9.17, 15) is 12.8 Å². The van der Waals surface area contributed by atoms with Gasteiger partial charge in [-0.3, -0.25) is 4.72 Å². The van der Waals surface area contributed by atoms with Crippen molar-refractivity contribution < 1.29 is 17.5 Å². The van der Waals surface area contributed by atoms with Gasteiger partial charge in [-0.25, -0.2) is 12.8 Å². The molecular weight excluding hydrogens is 361 g/mol. The van der Waals surface area contributed by atoms with Gasteiger partial charge in [0.25, 0.3) is 10.0 Å². The monoisotopic (exact) mass is 373 g/mol. The molecule has 0 saturated heterocycles. The predicted molar refractivity (Wildman–Crippen MR) is 82.5 cm³/mol. The van der Waals surface area contributed by atoms with Gasteiger partial charge < -0.3 is 4.74 Å². The summed E-state index contributed by atoms with van der Waals surface area (Å²) in [6.45, 7) is 2.07. The molecule has 0 amide bonds. The molecule has 0 bridgehead atoms. The molecule has 0 unspecified atom stereocenters. The largest absolute Gasteiger partial charge is 0.491 e. The molecular formula is C14H13BrFNO3S. The van der Waals surface area contributed by atoms with E-state index in [0.29, 0.717) is 6.61 Å². The molecule has 0 aliphatic heterocycles. The van der Waals surface area contributed by atoms with Crippen LogP contribution in [0, 0.1) is 5.82 Å². The molecule has 0 heterocycles. The maximum Gasteiger partial charge on any atom is 0.261 e. The molecule has 7 heteroatoms. The fraction of sp³-hybridized carbons (Fsp3) is 0.143. The molecule has 0 atom stereocenters. The standard InChI is InChI=1S/C14H13BrFNO3S/c1-2-20-14-8-5-11(9-13(14)16)17-21(18,19)12-6-3-10(15)4-7-12/h3-9,17H,2H2,1H3. The second kappa shape index (κ2) is 6.44. The highest BCUT2D eigenvalue weighted by Gasteiger charge is 2.15. The number of sulfonamides is 1. The highest BCUT2D eigenvalue weighted by Crippen LogP contribution is 2.23. The van der Waals surface area contributed by atoms with E-state index in [1.54, 1.807) is 19.1 Å². The van der Waals surface area contributed by atoms with Gasteiger partial charge in [0.05, 0.1) is 17.2 Å². The average Bonchev–Trinajstić information content (AvgIpc) is 2.42. The smallest absolute Gasteiger partial charge is 0.261 e. The molecule has 1 N–H and O–H groups in total. The molecule has 0 aromatic heterocycles. The van der Waals surface area contributed by atoms with Crippen molar-refractivity contribution in [2.75, 3.05) is 11.3 Å². The first-order valence-corrected chi connectivity index (χ1v) is 8.41. The van der Waals surface area contributed by atoms with Crippen molar-refractivity contribution in [1.29, 1.82) is 0 Å². The molecule has 0 fully saturated rings. The molecule has 21 heavy (non-hydrogen) atoms. The van der Waals surface area contributed by atoms with Crippen LogP contribution in [-0.2, 0) is 10.0 Å². The van der Waals surface area contributed by atoms with Gasteiger partial charge in [-0.05, 0) is 43.3 Å². The lowest BCUT2D eigenvalue weighted by Crippen LogP contribution is -2.13. The Kier molecular flexibility index (Phi) is 4.84. The van der Waals surface area contributed by atoms with E-state index < -0.39 is 15.8 Å². The normalized spacial score (nSPS) is 11.2. The first-order valence-electron chi connectivity index (χ1n) is 6.13. The lowest BCUT2D eigenvalue weighted by molar-refractivity contribution is 0.321. The van der Waals surface area contributed by atoms with Crippen LogP contribution in [0.2, 0.25) is 0 Å². The zero-order valence-corrected chi connectivity index (χ0v) is 13.5. The Morgan fingerprint density at radius 2 is 1.86 bits per heavy atom. The Hall–Kier alpha value is -1.60. The van der Waals surface area contributed by atoms with Gasteiger partial charge in [0.15, 0.2) is 11.6 Å². The highest BCUT2D eigenvalue weighted by atomic mass is 79.9. The molecule has 0 aliphatic carbocycles. The summed E-state index contributed by atoms with van der Waals surface area (Å²) >= 11 is 3.23. The Balaban J connectivity index is 2.24. The lowest BCUT2D eigenvalue weighted by atomic mass is 10.3. The first kappa shape index (κ1) is 15.8. The second-order valence-corrected chi connectivity index (χ2v) is 6.74. The minimum atomic E-state index is -3.75. The van der Waals surface area contributed by atoms with E-state index >= 15 is 0 Å². The molecule has 2 rings (SSSR count). The Bertz CT molecular complexity index is 732. The van der Waals surface area contributed by atoms with Gasteiger partial charge in [0, 0.05) is 10.5 Å². The van der Waals surface area contributed by atoms with Crippen LogP contribution in [0.25, 0.3) is 0 Å². The zero-order chi connectivity index (χ0) is 15.5. The molecule has 0 radical (unpaired) electrons. The third-order valence-electron chi connectivity index (χ3n) is 2.61. The van der Waals surface area contributed by atoms with Crippen LogP contribution in [0.3, 0.4) is 0 Å². The van der Waals surface area contributed by atoms with E-state index in [-0.39, 0.29) is 16.3 Å². The molecule has 0 saturated carbocycles. The SMILES string of the molecule is CCOc1ccc(NS(=O)(=O)c2ccc(Br)cc2)cc1F. The number of benzene rings is 2. The summed E-state index contributed by atoms with van der Waals surface area (Å²) in [5.41, 5.74) is 0.138. The van der Waals surface area contributed by atoms with Crippen molar-refractivity contribution in [3.8, 4) is 5.75 Å². The number of rotatable bonds is 5. The van der Waals surface area contributed by atoms with Crippen LogP contribution < -0.4 is 9.46 Å². The Labute approximate surface area is 131 Å². The van der Waals surface area contributed by atoms with Crippen molar-refractivity contribution >= 4 is 31.6 Å². The summed E-state index contributed by atoms with van der Waals surface area (Å²) < 4.78 is 46.2. The van der Waals surface area contributed by atoms with Crippen molar-refractivity contribution in [3.63, 3.8) is 0 Å². The molecule has 0 spiro atoms. The quantitative estimate of drug-likeness (QED) is 0.867. The molecule has 2 aromatic carbocycles. The van der Waals surface area contributed by atoms with E-state index in [1.807, 2.05) is 0 Å². The van der Waals surface area contributed by atoms with Crippen molar-refractivity contribution in [2.45, 2.75) is 11.8 Å². The summed E-state index contributed by atoms with van der Waals surface area (Å²) in [6.07, 6.45) is 0. The van der Waals surface area contributed by atoms with E-state index in [0.717, 1.165) is 10.5 Å². The maximum absolute atomic E-state index is 13.7. The van der Waals surface area contributed by atoms with Gasteiger partial charge in [0.1, 0.15) is 0 Å². The van der Waals surface area contributed by atoms with Gasteiger partial charge in [-0.15, -0.1) is 0 Å². The fourth-order valence-electron chi connectivity index (χ4n) is 1.66. The van der Waals surface area contributed by atoms with Crippen LogP contribution in [-0.4, -0.2) is 15.0 Å². The maximum atomic E-state index is 13.7. The van der Waals surface area contributed by atoms with Gasteiger partial charge >= 0.3 is 0 Å². The van der Waals surface area contributed by atoms with Crippen LogP contribution >= 0.6 is 15.9 Å². The van der Waals surface area contributed by atoms with Gasteiger partial charge in [-0.1, -0.05) is 15.9 Å². The van der Waals surface area contributed by atoms with Gasteiger partial charge in [0.2, 0.25) is 0 Å². The lowest BCUT2D eigenvalue weighted by Gasteiger charge is -2.10.